The number of rotatable bonds is 2. The summed E-state index contributed by atoms with van der Waals surface area (Å²) in [6.07, 6.45) is 2.75. The van der Waals surface area contributed by atoms with Crippen molar-refractivity contribution in [3.05, 3.63) is 18.0 Å². The number of amides is 1. The highest BCUT2D eigenvalue weighted by Gasteiger charge is 2.06. The first-order valence-electron chi connectivity index (χ1n) is 3.65. The fourth-order valence-corrected chi connectivity index (χ4v) is 0.723. The highest BCUT2D eigenvalue weighted by molar-refractivity contribution is 5.93. The van der Waals surface area contributed by atoms with Crippen LogP contribution in [-0.2, 0) is 0 Å². The van der Waals surface area contributed by atoms with Gasteiger partial charge in [0.15, 0.2) is 0 Å². The number of nitrogens with one attached hydrogen (secondary N) is 1. The molecule has 1 heterocycles. The molecule has 0 unspecified atom stereocenters. The summed E-state index contributed by atoms with van der Waals surface area (Å²) in [5.41, 5.74) is 8.19. The van der Waals surface area contributed by atoms with Gasteiger partial charge >= 0.3 is 0 Å². The molecule has 3 N–H and O–H groups in total. The van der Waals surface area contributed by atoms with E-state index >= 15 is 0 Å². The van der Waals surface area contributed by atoms with Crippen molar-refractivity contribution in [3.63, 3.8) is 0 Å². The molecule has 0 bridgehead atoms. The van der Waals surface area contributed by atoms with Crippen LogP contribution in [0.1, 0.15) is 10.4 Å². The van der Waals surface area contributed by atoms with Gasteiger partial charge in [0.1, 0.15) is 0 Å². The van der Waals surface area contributed by atoms with Gasteiger partial charge in [0.2, 0.25) is 5.95 Å². The quantitative estimate of drug-likeness (QED) is 0.587. The van der Waals surface area contributed by atoms with Gasteiger partial charge in [-0.05, 0) is 0 Å². The van der Waals surface area contributed by atoms with Crippen LogP contribution in [0.15, 0.2) is 12.4 Å². The maximum atomic E-state index is 11.3. The zero-order valence-corrected chi connectivity index (χ0v) is 7.48. The molecule has 0 aliphatic heterocycles. The van der Waals surface area contributed by atoms with Crippen LogP contribution in [0.2, 0.25) is 0 Å². The third-order valence-corrected chi connectivity index (χ3v) is 1.26. The molecule has 1 aromatic rings. The molecule has 1 aromatic heterocycles. The number of anilines is 1. The third-order valence-electron chi connectivity index (χ3n) is 1.26. The van der Waals surface area contributed by atoms with Crippen LogP contribution in [0, 0.1) is 0 Å². The minimum atomic E-state index is -0.259. The summed E-state index contributed by atoms with van der Waals surface area (Å²) in [5, 5.41) is 1.54. The molecular weight excluding hydrogens is 170 g/mol. The average molecular weight is 181 g/mol. The van der Waals surface area contributed by atoms with E-state index in [0.717, 1.165) is 0 Å². The number of nitrogens with two attached hydrogens (primary N) is 1. The lowest BCUT2D eigenvalue weighted by atomic mass is 10.3. The lowest BCUT2D eigenvalue weighted by Crippen LogP contribution is -2.36. The topological polar surface area (TPSA) is 84.1 Å². The first-order chi connectivity index (χ1) is 6.09. The zero-order chi connectivity index (χ0) is 9.84. The molecule has 70 valence electrons. The van der Waals surface area contributed by atoms with E-state index in [1.807, 2.05) is 0 Å². The summed E-state index contributed by atoms with van der Waals surface area (Å²) in [6, 6.07) is 0. The van der Waals surface area contributed by atoms with Gasteiger partial charge in [0.25, 0.3) is 5.91 Å². The molecule has 0 aliphatic carbocycles. The Hall–Kier alpha value is -1.69. The van der Waals surface area contributed by atoms with Crippen LogP contribution in [-0.4, -0.2) is 35.0 Å². The summed E-state index contributed by atoms with van der Waals surface area (Å²) >= 11 is 0. The first-order valence-corrected chi connectivity index (χ1v) is 3.65. The van der Waals surface area contributed by atoms with Crippen LogP contribution in [0.5, 0.6) is 0 Å². The van der Waals surface area contributed by atoms with E-state index in [1.165, 1.54) is 12.4 Å². The van der Waals surface area contributed by atoms with Crippen molar-refractivity contribution >= 4 is 11.9 Å². The summed E-state index contributed by atoms with van der Waals surface area (Å²) in [4.78, 5) is 18.7. The summed E-state index contributed by atoms with van der Waals surface area (Å²) < 4.78 is 0. The predicted molar refractivity (Wildman–Crippen MR) is 47.6 cm³/mol. The molecule has 0 saturated heterocycles. The number of carbonyl (C=O) groups excluding carboxylic acids is 1. The van der Waals surface area contributed by atoms with E-state index in [1.54, 1.807) is 19.1 Å². The Bertz CT molecular complexity index is 294. The lowest BCUT2D eigenvalue weighted by molar-refractivity contribution is 0.0856. The van der Waals surface area contributed by atoms with Gasteiger partial charge in [0, 0.05) is 26.5 Å². The number of aromatic nitrogens is 2. The molecule has 0 fully saturated rings. The Kier molecular flexibility index (Phi) is 2.76. The molecule has 0 radical (unpaired) electrons. The Morgan fingerprint density at radius 1 is 1.46 bits per heavy atom. The molecule has 0 aliphatic rings. The van der Waals surface area contributed by atoms with Crippen LogP contribution in [0.4, 0.5) is 5.95 Å². The average Bonchev–Trinajstić information content (AvgIpc) is 2.04. The second-order valence-corrected chi connectivity index (χ2v) is 2.67. The van der Waals surface area contributed by atoms with Crippen molar-refractivity contribution < 1.29 is 4.79 Å². The van der Waals surface area contributed by atoms with Crippen molar-refractivity contribution in [2.24, 2.45) is 0 Å². The predicted octanol–water partition coefficient (Wildman–Crippen LogP) is -0.735. The van der Waals surface area contributed by atoms with E-state index < -0.39 is 0 Å². The maximum Gasteiger partial charge on any atom is 0.268 e. The van der Waals surface area contributed by atoms with Crippen LogP contribution in [0.25, 0.3) is 0 Å². The number of hydrazine groups is 1. The molecule has 1 amide bonds. The van der Waals surface area contributed by atoms with Crippen LogP contribution < -0.4 is 11.2 Å². The largest absolute Gasteiger partial charge is 0.368 e. The summed E-state index contributed by atoms with van der Waals surface area (Å²) in [7, 11) is 3.44. The summed E-state index contributed by atoms with van der Waals surface area (Å²) in [6.45, 7) is 0. The van der Waals surface area contributed by atoms with Crippen molar-refractivity contribution in [3.8, 4) is 0 Å². The molecule has 1 rings (SSSR count). The minimum absolute atomic E-state index is 0.154. The SMILES string of the molecule is CN(C)NC(=O)c1cnc(N)nc1. The first kappa shape index (κ1) is 9.40. The number of nitrogen functional groups attached to an aromatic ring is 1. The van der Waals surface area contributed by atoms with E-state index in [0.29, 0.717) is 5.56 Å². The smallest absolute Gasteiger partial charge is 0.268 e. The van der Waals surface area contributed by atoms with Gasteiger partial charge in [-0.25, -0.2) is 15.0 Å². The molecular formula is C7H11N5O. The summed E-state index contributed by atoms with van der Waals surface area (Å²) in [5.74, 6) is -0.105. The Morgan fingerprint density at radius 2 is 2.00 bits per heavy atom. The van der Waals surface area contributed by atoms with Gasteiger partial charge in [-0.2, -0.15) is 0 Å². The number of hydrogen-bond acceptors (Lipinski definition) is 5. The molecule has 6 heteroatoms. The zero-order valence-electron chi connectivity index (χ0n) is 7.48. The Morgan fingerprint density at radius 3 is 2.46 bits per heavy atom. The molecule has 0 spiro atoms. The monoisotopic (exact) mass is 181 g/mol. The van der Waals surface area contributed by atoms with Crippen molar-refractivity contribution in [2.75, 3.05) is 19.8 Å². The van der Waals surface area contributed by atoms with E-state index in [-0.39, 0.29) is 11.9 Å². The number of hydrogen-bond donors (Lipinski definition) is 2. The third kappa shape index (κ3) is 2.68. The number of nitrogens with zero attached hydrogens (tertiary/aromatic N) is 3. The van der Waals surface area contributed by atoms with Gasteiger partial charge in [-0.3, -0.25) is 10.2 Å². The Balaban J connectivity index is 2.72. The molecule has 6 nitrogen and oxygen atoms in total. The van der Waals surface area contributed by atoms with Gasteiger partial charge in [-0.15, -0.1) is 0 Å². The molecule has 0 aromatic carbocycles. The highest BCUT2D eigenvalue weighted by atomic mass is 16.2. The van der Waals surface area contributed by atoms with E-state index in [9.17, 15) is 4.79 Å². The second kappa shape index (κ2) is 3.81. The molecule has 0 atom stereocenters. The van der Waals surface area contributed by atoms with Crippen molar-refractivity contribution in [1.29, 1.82) is 0 Å². The lowest BCUT2D eigenvalue weighted by Gasteiger charge is -2.10. The fraction of sp³-hybridized carbons (Fsp3) is 0.286. The minimum Gasteiger partial charge on any atom is -0.368 e. The number of carbonyl (C=O) groups is 1. The Labute approximate surface area is 75.7 Å². The maximum absolute atomic E-state index is 11.3. The van der Waals surface area contributed by atoms with Crippen molar-refractivity contribution in [1.82, 2.24) is 20.4 Å². The van der Waals surface area contributed by atoms with E-state index in [2.05, 4.69) is 15.4 Å². The second-order valence-electron chi connectivity index (χ2n) is 2.67. The van der Waals surface area contributed by atoms with Gasteiger partial charge in [-0.1, -0.05) is 0 Å². The standard InChI is InChI=1S/C7H11N5O/c1-12(2)11-6(13)5-3-9-7(8)10-4-5/h3-4H,1-2H3,(H,11,13)(H2,8,9,10). The fourth-order valence-electron chi connectivity index (χ4n) is 0.723. The van der Waals surface area contributed by atoms with Crippen LogP contribution >= 0.6 is 0 Å². The van der Waals surface area contributed by atoms with Gasteiger partial charge < -0.3 is 5.73 Å². The normalized spacial score (nSPS) is 10.1. The van der Waals surface area contributed by atoms with Crippen molar-refractivity contribution in [2.45, 2.75) is 0 Å². The van der Waals surface area contributed by atoms with Gasteiger partial charge in [0.05, 0.1) is 5.56 Å². The van der Waals surface area contributed by atoms with Crippen LogP contribution in [0.3, 0.4) is 0 Å². The van der Waals surface area contributed by atoms with E-state index in [4.69, 9.17) is 5.73 Å². The molecule has 0 saturated carbocycles. The highest BCUT2D eigenvalue weighted by Crippen LogP contribution is 1.96. The molecule has 13 heavy (non-hydrogen) atoms.